The molecule has 0 aromatic heterocycles. The van der Waals surface area contributed by atoms with Crippen LogP contribution < -0.4 is 14.8 Å². The van der Waals surface area contributed by atoms with Crippen molar-refractivity contribution in [3.05, 3.63) is 17.7 Å². The van der Waals surface area contributed by atoms with Crippen molar-refractivity contribution in [2.75, 3.05) is 46.7 Å². The molecule has 0 bridgehead atoms. The maximum Gasteiger partial charge on any atom is 0.142 e. The number of hydrogen-bond acceptors (Lipinski definition) is 4. The number of anilines is 1. The third-order valence-corrected chi connectivity index (χ3v) is 2.59. The van der Waals surface area contributed by atoms with Gasteiger partial charge in [0.2, 0.25) is 0 Å². The summed E-state index contributed by atoms with van der Waals surface area (Å²) in [5.41, 5.74) is 2.04. The molecule has 0 saturated heterocycles. The highest BCUT2D eigenvalue weighted by Gasteiger charge is 2.07. The van der Waals surface area contributed by atoms with Gasteiger partial charge in [-0.3, -0.25) is 0 Å². The summed E-state index contributed by atoms with van der Waals surface area (Å²) in [4.78, 5) is 2.13. The molecule has 1 N–H and O–H groups in total. The number of hydrogen-bond donors (Lipinski definition) is 1. The monoisotopic (exact) mass is 238 g/mol. The van der Waals surface area contributed by atoms with Gasteiger partial charge in [0.05, 0.1) is 19.9 Å². The first-order chi connectivity index (χ1) is 8.08. The van der Waals surface area contributed by atoms with Crippen LogP contribution in [0, 0.1) is 6.92 Å². The molecule has 0 fully saturated rings. The minimum atomic E-state index is 0.849. The smallest absolute Gasteiger partial charge is 0.142 e. The van der Waals surface area contributed by atoms with Crippen molar-refractivity contribution in [1.29, 1.82) is 0 Å². The third kappa shape index (κ3) is 3.82. The van der Waals surface area contributed by atoms with Crippen LogP contribution in [0.1, 0.15) is 5.56 Å². The standard InChI is InChI=1S/C13H22N2O2/c1-10-8-13(17-5)11(9-12(10)16-4)14-6-7-15(2)3/h8-9,14H,6-7H2,1-5H3. The maximum atomic E-state index is 5.35. The summed E-state index contributed by atoms with van der Waals surface area (Å²) in [6, 6.07) is 3.96. The first kappa shape index (κ1) is 13.6. The summed E-state index contributed by atoms with van der Waals surface area (Å²) in [6.07, 6.45) is 0. The van der Waals surface area contributed by atoms with E-state index in [1.807, 2.05) is 19.1 Å². The molecule has 0 spiro atoms. The highest BCUT2D eigenvalue weighted by atomic mass is 16.5. The summed E-state index contributed by atoms with van der Waals surface area (Å²) in [7, 11) is 7.46. The Hall–Kier alpha value is -1.42. The molecule has 0 radical (unpaired) electrons. The third-order valence-electron chi connectivity index (χ3n) is 2.59. The van der Waals surface area contributed by atoms with Gasteiger partial charge in [0, 0.05) is 19.2 Å². The van der Waals surface area contributed by atoms with Gasteiger partial charge in [-0.2, -0.15) is 0 Å². The Labute approximate surface area is 104 Å². The molecule has 0 saturated carbocycles. The van der Waals surface area contributed by atoms with Gasteiger partial charge in [0.1, 0.15) is 11.5 Å². The molecular weight excluding hydrogens is 216 g/mol. The van der Waals surface area contributed by atoms with Crippen LogP contribution in [0.3, 0.4) is 0 Å². The molecule has 1 aromatic rings. The molecule has 4 nitrogen and oxygen atoms in total. The topological polar surface area (TPSA) is 33.7 Å². The highest BCUT2D eigenvalue weighted by Crippen LogP contribution is 2.32. The summed E-state index contributed by atoms with van der Waals surface area (Å²) >= 11 is 0. The predicted molar refractivity (Wildman–Crippen MR) is 71.3 cm³/mol. The summed E-state index contributed by atoms with van der Waals surface area (Å²) in [6.45, 7) is 3.85. The van der Waals surface area contributed by atoms with Crippen LogP contribution in [0.5, 0.6) is 11.5 Å². The van der Waals surface area contributed by atoms with E-state index < -0.39 is 0 Å². The Morgan fingerprint density at radius 2 is 1.76 bits per heavy atom. The summed E-state index contributed by atoms with van der Waals surface area (Å²) < 4.78 is 10.7. The van der Waals surface area contributed by atoms with Gasteiger partial charge in [0.15, 0.2) is 0 Å². The lowest BCUT2D eigenvalue weighted by molar-refractivity contribution is 0.400. The minimum Gasteiger partial charge on any atom is -0.496 e. The van der Waals surface area contributed by atoms with Gasteiger partial charge in [-0.25, -0.2) is 0 Å². The Balaban J connectivity index is 2.81. The fourth-order valence-corrected chi connectivity index (χ4v) is 1.60. The first-order valence-corrected chi connectivity index (χ1v) is 5.69. The van der Waals surface area contributed by atoms with E-state index in [2.05, 4.69) is 24.3 Å². The van der Waals surface area contributed by atoms with Crippen molar-refractivity contribution in [1.82, 2.24) is 4.90 Å². The van der Waals surface area contributed by atoms with E-state index in [0.717, 1.165) is 35.8 Å². The maximum absolute atomic E-state index is 5.35. The number of benzene rings is 1. The van der Waals surface area contributed by atoms with Crippen LogP contribution in [-0.4, -0.2) is 46.3 Å². The van der Waals surface area contributed by atoms with Gasteiger partial charge in [-0.05, 0) is 32.6 Å². The highest BCUT2D eigenvalue weighted by molar-refractivity contribution is 5.62. The molecule has 0 aliphatic rings. The molecule has 0 aliphatic heterocycles. The molecule has 0 atom stereocenters. The van der Waals surface area contributed by atoms with Crippen molar-refractivity contribution in [3.63, 3.8) is 0 Å². The summed E-state index contributed by atoms with van der Waals surface area (Å²) in [5.74, 6) is 1.72. The second-order valence-electron chi connectivity index (χ2n) is 4.25. The van der Waals surface area contributed by atoms with E-state index in [4.69, 9.17) is 9.47 Å². The number of methoxy groups -OCH3 is 2. The minimum absolute atomic E-state index is 0.849. The van der Waals surface area contributed by atoms with E-state index in [0.29, 0.717) is 0 Å². The van der Waals surface area contributed by atoms with Crippen molar-refractivity contribution < 1.29 is 9.47 Å². The Bertz CT molecular complexity index is 365. The molecular formula is C13H22N2O2. The van der Waals surface area contributed by atoms with Crippen LogP contribution in [0.15, 0.2) is 12.1 Å². The van der Waals surface area contributed by atoms with Gasteiger partial charge in [-0.1, -0.05) is 0 Å². The van der Waals surface area contributed by atoms with Gasteiger partial charge >= 0.3 is 0 Å². The molecule has 0 unspecified atom stereocenters. The van der Waals surface area contributed by atoms with Crippen LogP contribution in [-0.2, 0) is 0 Å². The molecule has 0 heterocycles. The zero-order chi connectivity index (χ0) is 12.8. The largest absolute Gasteiger partial charge is 0.496 e. The predicted octanol–water partition coefficient (Wildman–Crippen LogP) is 1.99. The molecule has 17 heavy (non-hydrogen) atoms. The second kappa shape index (κ2) is 6.35. The molecule has 1 aromatic carbocycles. The molecule has 0 amide bonds. The van der Waals surface area contributed by atoms with E-state index in [9.17, 15) is 0 Å². The number of nitrogens with zero attached hydrogens (tertiary/aromatic N) is 1. The summed E-state index contributed by atoms with van der Waals surface area (Å²) in [5, 5.41) is 3.35. The lowest BCUT2D eigenvalue weighted by atomic mass is 10.2. The van der Waals surface area contributed by atoms with Crippen molar-refractivity contribution in [3.8, 4) is 11.5 Å². The van der Waals surface area contributed by atoms with Crippen LogP contribution in [0.2, 0.25) is 0 Å². The number of ether oxygens (including phenoxy) is 2. The van der Waals surface area contributed by atoms with Gasteiger partial charge < -0.3 is 19.7 Å². The molecule has 96 valence electrons. The second-order valence-corrected chi connectivity index (χ2v) is 4.25. The van der Waals surface area contributed by atoms with Crippen molar-refractivity contribution in [2.45, 2.75) is 6.92 Å². The van der Waals surface area contributed by atoms with E-state index >= 15 is 0 Å². The normalized spacial score (nSPS) is 10.5. The van der Waals surface area contributed by atoms with Crippen LogP contribution >= 0.6 is 0 Å². The molecule has 1 rings (SSSR count). The Morgan fingerprint density at radius 3 is 2.29 bits per heavy atom. The number of rotatable bonds is 6. The van der Waals surface area contributed by atoms with Gasteiger partial charge in [0.25, 0.3) is 0 Å². The zero-order valence-electron chi connectivity index (χ0n) is 11.3. The fraction of sp³-hybridized carbons (Fsp3) is 0.538. The lowest BCUT2D eigenvalue weighted by Crippen LogP contribution is -2.21. The molecule has 4 heteroatoms. The average Bonchev–Trinajstić information content (AvgIpc) is 2.30. The van der Waals surface area contributed by atoms with Crippen LogP contribution in [0.4, 0.5) is 5.69 Å². The Morgan fingerprint density at radius 1 is 1.12 bits per heavy atom. The fourth-order valence-electron chi connectivity index (χ4n) is 1.60. The Kier molecular flexibility index (Phi) is 5.10. The SMILES string of the molecule is COc1cc(NCCN(C)C)c(OC)cc1C. The van der Waals surface area contributed by atoms with Crippen molar-refractivity contribution >= 4 is 5.69 Å². The molecule has 0 aliphatic carbocycles. The number of aryl methyl sites for hydroxylation is 1. The number of likely N-dealkylation sites (N-methyl/N-ethyl adjacent to an activating group) is 1. The average molecular weight is 238 g/mol. The van der Waals surface area contributed by atoms with Crippen LogP contribution in [0.25, 0.3) is 0 Å². The quantitative estimate of drug-likeness (QED) is 0.821. The van der Waals surface area contributed by atoms with Gasteiger partial charge in [-0.15, -0.1) is 0 Å². The van der Waals surface area contributed by atoms with E-state index in [1.165, 1.54) is 0 Å². The first-order valence-electron chi connectivity index (χ1n) is 5.69. The van der Waals surface area contributed by atoms with E-state index in [1.54, 1.807) is 14.2 Å². The number of nitrogens with one attached hydrogen (secondary N) is 1. The van der Waals surface area contributed by atoms with Crippen molar-refractivity contribution in [2.24, 2.45) is 0 Å². The zero-order valence-corrected chi connectivity index (χ0v) is 11.3. The van der Waals surface area contributed by atoms with E-state index in [-0.39, 0.29) is 0 Å². The lowest BCUT2D eigenvalue weighted by Gasteiger charge is -2.16.